The van der Waals surface area contributed by atoms with Gasteiger partial charge in [-0.3, -0.25) is 4.79 Å². The van der Waals surface area contributed by atoms with Gasteiger partial charge in [0.1, 0.15) is 6.61 Å². The van der Waals surface area contributed by atoms with Crippen LogP contribution in [0.3, 0.4) is 0 Å². The van der Waals surface area contributed by atoms with Crippen molar-refractivity contribution in [3.8, 4) is 0 Å². The van der Waals surface area contributed by atoms with Crippen molar-refractivity contribution >= 4 is 5.78 Å². The molecule has 28 heavy (non-hydrogen) atoms. The van der Waals surface area contributed by atoms with E-state index in [0.29, 0.717) is 25.7 Å². The van der Waals surface area contributed by atoms with Crippen molar-refractivity contribution in [3.05, 3.63) is 24.8 Å². The first-order chi connectivity index (χ1) is 13.4. The number of hydrogen-bond acceptors (Lipinski definition) is 5. The Kier molecular flexibility index (Phi) is 11.8. The number of rotatable bonds is 15. The molecule has 0 aliphatic heterocycles. The van der Waals surface area contributed by atoms with E-state index in [0.717, 1.165) is 44.9 Å². The van der Waals surface area contributed by atoms with Gasteiger partial charge in [0.2, 0.25) is 0 Å². The summed E-state index contributed by atoms with van der Waals surface area (Å²) in [7, 11) is 0. The van der Waals surface area contributed by atoms with Gasteiger partial charge in [-0.15, -0.1) is 6.58 Å². The van der Waals surface area contributed by atoms with E-state index in [9.17, 15) is 20.1 Å². The highest BCUT2D eigenvalue weighted by atomic mass is 16.3. The van der Waals surface area contributed by atoms with E-state index in [4.69, 9.17) is 5.11 Å². The Morgan fingerprint density at radius 2 is 1.86 bits per heavy atom. The van der Waals surface area contributed by atoms with Crippen LogP contribution < -0.4 is 0 Å². The molecule has 0 radical (unpaired) electrons. The third-order valence-corrected chi connectivity index (χ3v) is 6.01. The molecule has 1 saturated carbocycles. The molecule has 0 aromatic rings. The Bertz CT molecular complexity index is 489. The van der Waals surface area contributed by atoms with E-state index in [1.807, 2.05) is 12.2 Å². The van der Waals surface area contributed by atoms with Crippen LogP contribution in [0.5, 0.6) is 0 Å². The zero-order valence-electron chi connectivity index (χ0n) is 17.4. The van der Waals surface area contributed by atoms with Gasteiger partial charge in [-0.25, -0.2) is 0 Å². The van der Waals surface area contributed by atoms with Crippen molar-refractivity contribution in [2.24, 2.45) is 11.8 Å². The van der Waals surface area contributed by atoms with Crippen molar-refractivity contribution in [2.45, 2.75) is 95.4 Å². The molecule has 5 heteroatoms. The second kappa shape index (κ2) is 13.3. The topological polar surface area (TPSA) is 98.0 Å². The lowest BCUT2D eigenvalue weighted by Crippen LogP contribution is -2.25. The first-order valence-electron chi connectivity index (χ1n) is 10.9. The van der Waals surface area contributed by atoms with E-state index in [2.05, 4.69) is 13.5 Å². The van der Waals surface area contributed by atoms with E-state index in [1.165, 1.54) is 0 Å². The SMILES string of the molecule is C=CC(O)(C/C=C/[C@@H]1[C@@H](CCCCCCC(=O)CO)[C@H](O)C[C@H]1O)CCCC. The molecule has 1 aliphatic carbocycles. The van der Waals surface area contributed by atoms with Gasteiger partial charge in [0.25, 0.3) is 0 Å². The molecule has 0 spiro atoms. The van der Waals surface area contributed by atoms with Gasteiger partial charge in [0, 0.05) is 18.8 Å². The summed E-state index contributed by atoms with van der Waals surface area (Å²) in [5.41, 5.74) is -0.907. The van der Waals surface area contributed by atoms with Crippen LogP contribution in [-0.4, -0.2) is 50.6 Å². The highest BCUT2D eigenvalue weighted by Gasteiger charge is 2.39. The summed E-state index contributed by atoms with van der Waals surface area (Å²) < 4.78 is 0. The van der Waals surface area contributed by atoms with E-state index in [-0.39, 0.29) is 24.2 Å². The van der Waals surface area contributed by atoms with Crippen LogP contribution in [-0.2, 0) is 4.79 Å². The van der Waals surface area contributed by atoms with Gasteiger partial charge in [-0.1, -0.05) is 57.3 Å². The second-order valence-electron chi connectivity index (χ2n) is 8.30. The van der Waals surface area contributed by atoms with Gasteiger partial charge in [-0.2, -0.15) is 0 Å². The molecule has 0 heterocycles. The third-order valence-electron chi connectivity index (χ3n) is 6.01. The van der Waals surface area contributed by atoms with E-state index < -0.39 is 17.8 Å². The summed E-state index contributed by atoms with van der Waals surface area (Å²) >= 11 is 0. The average molecular weight is 397 g/mol. The molecule has 0 aromatic carbocycles. The Morgan fingerprint density at radius 3 is 2.50 bits per heavy atom. The lowest BCUT2D eigenvalue weighted by Gasteiger charge is -2.24. The summed E-state index contributed by atoms with van der Waals surface area (Å²) in [5.74, 6) is -0.179. The molecule has 0 amide bonds. The standard InChI is InChI=1S/C23H40O5/c1-3-5-14-23(28,4-2)15-10-13-20-19(21(26)16-22(20)27)12-9-7-6-8-11-18(25)17-24/h4,10,13,19-22,24,26-28H,2-3,5-9,11-12,14-17H2,1H3/b13-10+/t19-,20-,21-,22-,23?/m1/s1. The molecule has 1 fully saturated rings. The van der Waals surface area contributed by atoms with E-state index in [1.54, 1.807) is 6.08 Å². The quantitative estimate of drug-likeness (QED) is 0.251. The largest absolute Gasteiger partial charge is 0.393 e. The number of carbonyl (C=O) groups is 1. The summed E-state index contributed by atoms with van der Waals surface area (Å²) in [6, 6.07) is 0. The summed E-state index contributed by atoms with van der Waals surface area (Å²) in [5, 5.41) is 39.9. The zero-order chi connectivity index (χ0) is 21.0. The Balaban J connectivity index is 2.47. The Hall–Kier alpha value is -1.01. The number of aliphatic hydroxyl groups is 4. The molecule has 5 nitrogen and oxygen atoms in total. The molecule has 1 rings (SSSR count). The highest BCUT2D eigenvalue weighted by Crippen LogP contribution is 2.37. The normalized spacial score (nSPS) is 27.2. The zero-order valence-corrected chi connectivity index (χ0v) is 17.4. The molecule has 1 aliphatic rings. The third kappa shape index (κ3) is 8.56. The van der Waals surface area contributed by atoms with Crippen LogP contribution in [0.1, 0.15) is 77.6 Å². The number of carbonyl (C=O) groups excluding carboxylic acids is 1. The first-order valence-corrected chi connectivity index (χ1v) is 10.9. The highest BCUT2D eigenvalue weighted by molar-refractivity contribution is 5.79. The van der Waals surface area contributed by atoms with E-state index >= 15 is 0 Å². The van der Waals surface area contributed by atoms with Gasteiger partial charge < -0.3 is 20.4 Å². The van der Waals surface area contributed by atoms with Crippen molar-refractivity contribution in [1.82, 2.24) is 0 Å². The molecule has 5 atom stereocenters. The number of aliphatic hydroxyl groups excluding tert-OH is 3. The maximum Gasteiger partial charge on any atom is 0.158 e. The molecular formula is C23H40O5. The van der Waals surface area contributed by atoms with Crippen LogP contribution in [0.15, 0.2) is 24.8 Å². The summed E-state index contributed by atoms with van der Waals surface area (Å²) in [6.07, 6.45) is 12.8. The molecule has 162 valence electrons. The number of Topliss-reactive ketones (excluding diaryl/α,β-unsaturated/α-hetero) is 1. The van der Waals surface area contributed by atoms with Gasteiger partial charge in [0.05, 0.1) is 17.8 Å². The Morgan fingerprint density at radius 1 is 1.14 bits per heavy atom. The van der Waals surface area contributed by atoms with Gasteiger partial charge in [0.15, 0.2) is 5.78 Å². The molecule has 1 unspecified atom stereocenters. The van der Waals surface area contributed by atoms with Crippen molar-refractivity contribution in [2.75, 3.05) is 6.61 Å². The monoisotopic (exact) mass is 396 g/mol. The van der Waals surface area contributed by atoms with Crippen LogP contribution in [0.2, 0.25) is 0 Å². The smallest absolute Gasteiger partial charge is 0.158 e. The van der Waals surface area contributed by atoms with Crippen LogP contribution in [0.25, 0.3) is 0 Å². The predicted molar refractivity (Wildman–Crippen MR) is 112 cm³/mol. The lowest BCUT2D eigenvalue weighted by molar-refractivity contribution is -0.121. The minimum Gasteiger partial charge on any atom is -0.393 e. The first kappa shape index (κ1) is 25.0. The molecule has 0 saturated heterocycles. The lowest BCUT2D eigenvalue weighted by atomic mass is 9.86. The minimum absolute atomic E-state index is 0.0257. The fourth-order valence-electron chi connectivity index (χ4n) is 4.11. The fraction of sp³-hybridized carbons (Fsp3) is 0.783. The number of unbranched alkanes of at least 4 members (excludes halogenated alkanes) is 4. The van der Waals surface area contributed by atoms with Crippen LogP contribution >= 0.6 is 0 Å². The Labute approximate surface area is 170 Å². The van der Waals surface area contributed by atoms with Gasteiger partial charge >= 0.3 is 0 Å². The molecule has 0 bridgehead atoms. The molecule has 4 N–H and O–H groups in total. The molecule has 0 aromatic heterocycles. The second-order valence-corrected chi connectivity index (χ2v) is 8.30. The van der Waals surface area contributed by atoms with Crippen molar-refractivity contribution in [3.63, 3.8) is 0 Å². The fourth-order valence-corrected chi connectivity index (χ4v) is 4.11. The van der Waals surface area contributed by atoms with Crippen molar-refractivity contribution in [1.29, 1.82) is 0 Å². The predicted octanol–water partition coefficient (Wildman–Crippen LogP) is 3.30. The number of ketones is 1. The average Bonchev–Trinajstić information content (AvgIpc) is 2.95. The molecular weight excluding hydrogens is 356 g/mol. The summed E-state index contributed by atoms with van der Waals surface area (Å²) in [6.45, 7) is 5.46. The minimum atomic E-state index is -0.907. The van der Waals surface area contributed by atoms with Crippen LogP contribution in [0, 0.1) is 11.8 Å². The van der Waals surface area contributed by atoms with Gasteiger partial charge in [-0.05, 0) is 31.6 Å². The maximum atomic E-state index is 11.1. The van der Waals surface area contributed by atoms with Crippen LogP contribution in [0.4, 0.5) is 0 Å². The number of hydrogen-bond donors (Lipinski definition) is 4. The maximum absolute atomic E-state index is 11.1. The van der Waals surface area contributed by atoms with Crippen molar-refractivity contribution < 1.29 is 25.2 Å². The summed E-state index contributed by atoms with van der Waals surface area (Å²) in [4.78, 5) is 11.1.